The Morgan fingerprint density at radius 1 is 1.12 bits per heavy atom. The average Bonchev–Trinajstić information content (AvgIpc) is 3.42. The number of carbonyl (C=O) groups is 1. The van der Waals surface area contributed by atoms with E-state index in [0.717, 1.165) is 30.8 Å². The van der Waals surface area contributed by atoms with Crippen molar-refractivity contribution < 1.29 is 9.53 Å². The first-order chi connectivity index (χ1) is 15.4. The molecule has 0 unspecified atom stereocenters. The lowest BCUT2D eigenvalue weighted by atomic mass is 10.0. The molecule has 1 amide bonds. The van der Waals surface area contributed by atoms with Gasteiger partial charge in [0.25, 0.3) is 5.91 Å². The van der Waals surface area contributed by atoms with Crippen LogP contribution in [0.15, 0.2) is 47.5 Å². The molecule has 2 aromatic rings. The first-order valence-corrected chi connectivity index (χ1v) is 11.7. The normalized spacial score (nSPS) is 16.3. The summed E-state index contributed by atoms with van der Waals surface area (Å²) < 4.78 is 5.63. The molecule has 168 valence electrons. The molecule has 0 bridgehead atoms. The van der Waals surface area contributed by atoms with Crippen molar-refractivity contribution in [3.8, 4) is 5.75 Å². The van der Waals surface area contributed by atoms with Gasteiger partial charge >= 0.3 is 0 Å². The van der Waals surface area contributed by atoms with E-state index in [-0.39, 0.29) is 12.0 Å². The molecule has 2 aliphatic rings. The van der Waals surface area contributed by atoms with Crippen LogP contribution in [0.1, 0.15) is 37.8 Å². The molecule has 1 fully saturated rings. The molecular formula is C25H27Cl2N3O2. The Hall–Kier alpha value is -2.34. The second-order valence-electron chi connectivity index (χ2n) is 8.43. The summed E-state index contributed by atoms with van der Waals surface area (Å²) in [5, 5.41) is 3.99. The molecule has 2 aromatic carbocycles. The van der Waals surface area contributed by atoms with Crippen LogP contribution in [0.5, 0.6) is 5.75 Å². The first kappa shape index (κ1) is 22.8. The number of halogens is 2. The summed E-state index contributed by atoms with van der Waals surface area (Å²) in [4.78, 5) is 19.5. The molecular weight excluding hydrogens is 445 g/mol. The fourth-order valence-corrected chi connectivity index (χ4v) is 4.52. The molecule has 0 radical (unpaired) electrons. The summed E-state index contributed by atoms with van der Waals surface area (Å²) in [5.74, 6) is 0.304. The van der Waals surface area contributed by atoms with Gasteiger partial charge in [-0.25, -0.2) is 0 Å². The molecule has 1 N–H and O–H groups in total. The highest BCUT2D eigenvalue weighted by molar-refractivity contribution is 6.49. The maximum atomic E-state index is 12.7. The number of nitrogens with zero attached hydrogens (tertiary/aromatic N) is 2. The lowest BCUT2D eigenvalue weighted by Gasteiger charge is -2.15. The van der Waals surface area contributed by atoms with E-state index in [9.17, 15) is 4.79 Å². The van der Waals surface area contributed by atoms with Crippen LogP contribution >= 0.6 is 23.2 Å². The zero-order chi connectivity index (χ0) is 22.7. The third-order valence-corrected chi connectivity index (χ3v) is 6.11. The largest absolute Gasteiger partial charge is 0.489 e. The maximum Gasteiger partial charge on any atom is 0.273 e. The predicted octanol–water partition coefficient (Wildman–Crippen LogP) is 5.85. The molecule has 5 nitrogen and oxygen atoms in total. The Labute approximate surface area is 199 Å². The Bertz CT molecular complexity index is 1070. The van der Waals surface area contributed by atoms with E-state index in [1.165, 1.54) is 18.4 Å². The molecule has 0 spiro atoms. The van der Waals surface area contributed by atoms with Crippen LogP contribution in [0.4, 0.5) is 5.69 Å². The lowest BCUT2D eigenvalue weighted by Crippen LogP contribution is -2.20. The van der Waals surface area contributed by atoms with E-state index in [2.05, 4.69) is 21.3 Å². The zero-order valence-corrected chi connectivity index (χ0v) is 19.8. The van der Waals surface area contributed by atoms with Crippen molar-refractivity contribution in [2.45, 2.75) is 39.3 Å². The summed E-state index contributed by atoms with van der Waals surface area (Å²) in [6.07, 6.45) is 4.35. The van der Waals surface area contributed by atoms with Gasteiger partial charge in [-0.15, -0.1) is 0 Å². The number of hydrogen-bond acceptors (Lipinski definition) is 4. The van der Waals surface area contributed by atoms with Crippen LogP contribution in [0.25, 0.3) is 5.57 Å². The van der Waals surface area contributed by atoms with Crippen LogP contribution in [0, 0.1) is 0 Å². The van der Waals surface area contributed by atoms with Crippen molar-refractivity contribution in [2.24, 2.45) is 4.99 Å². The maximum absolute atomic E-state index is 12.7. The standard InChI is InChI=1S/C25H27Cl2N3O2/c1-16(2)32-24-8-6-19(13-22(24)27)29-25(31)23-12-18(14-28-23)20-7-5-17(11-21(20)26)15-30-9-3-4-10-30/h5-8,11-13,16H,3-4,9-10,14-15H2,1-2H3,(H,29,31). The molecule has 0 aromatic heterocycles. The minimum atomic E-state index is -0.282. The molecule has 0 saturated carbocycles. The molecule has 2 heterocycles. The van der Waals surface area contributed by atoms with E-state index in [0.29, 0.717) is 33.7 Å². The van der Waals surface area contributed by atoms with Crippen molar-refractivity contribution in [3.63, 3.8) is 0 Å². The van der Waals surface area contributed by atoms with Crippen LogP contribution in [0.3, 0.4) is 0 Å². The Kier molecular flexibility index (Phi) is 7.19. The lowest BCUT2D eigenvalue weighted by molar-refractivity contribution is -0.110. The van der Waals surface area contributed by atoms with E-state index >= 15 is 0 Å². The second-order valence-corrected chi connectivity index (χ2v) is 9.25. The van der Waals surface area contributed by atoms with Gasteiger partial charge in [-0.2, -0.15) is 0 Å². The van der Waals surface area contributed by atoms with E-state index in [1.54, 1.807) is 24.3 Å². The Balaban J connectivity index is 1.41. The molecule has 4 rings (SSSR count). The molecule has 7 heteroatoms. The Morgan fingerprint density at radius 3 is 2.59 bits per heavy atom. The van der Waals surface area contributed by atoms with Gasteiger partial charge in [-0.05, 0) is 86.8 Å². The molecule has 0 aliphatic carbocycles. The van der Waals surface area contributed by atoms with Crippen molar-refractivity contribution in [2.75, 3.05) is 25.0 Å². The number of nitrogens with one attached hydrogen (secondary N) is 1. The summed E-state index contributed by atoms with van der Waals surface area (Å²) in [7, 11) is 0. The minimum absolute atomic E-state index is 0.0189. The van der Waals surface area contributed by atoms with Gasteiger partial charge in [-0.3, -0.25) is 14.7 Å². The van der Waals surface area contributed by atoms with Crippen molar-refractivity contribution in [1.29, 1.82) is 0 Å². The third-order valence-electron chi connectivity index (χ3n) is 5.50. The zero-order valence-electron chi connectivity index (χ0n) is 18.3. The number of likely N-dealkylation sites (tertiary alicyclic amines) is 1. The number of anilines is 1. The fraction of sp³-hybridized carbons (Fsp3) is 0.360. The van der Waals surface area contributed by atoms with Gasteiger partial charge in [0.15, 0.2) is 0 Å². The topological polar surface area (TPSA) is 53.9 Å². The van der Waals surface area contributed by atoms with Crippen molar-refractivity contribution in [1.82, 2.24) is 4.90 Å². The van der Waals surface area contributed by atoms with Gasteiger partial charge in [0, 0.05) is 17.3 Å². The highest BCUT2D eigenvalue weighted by atomic mass is 35.5. The number of amides is 1. The molecule has 32 heavy (non-hydrogen) atoms. The summed E-state index contributed by atoms with van der Waals surface area (Å²) in [6.45, 7) is 7.51. The van der Waals surface area contributed by atoms with Crippen LogP contribution in [-0.2, 0) is 11.3 Å². The van der Waals surface area contributed by atoms with Gasteiger partial charge in [0.1, 0.15) is 11.5 Å². The number of ether oxygens (including phenoxy) is 1. The number of aliphatic imine (C=N–C) groups is 1. The number of benzene rings is 2. The fourth-order valence-electron chi connectivity index (χ4n) is 3.97. The quantitative estimate of drug-likeness (QED) is 0.550. The van der Waals surface area contributed by atoms with Crippen molar-refractivity contribution >= 4 is 46.1 Å². The smallest absolute Gasteiger partial charge is 0.273 e. The first-order valence-electron chi connectivity index (χ1n) is 10.9. The van der Waals surface area contributed by atoms with E-state index < -0.39 is 0 Å². The number of rotatable bonds is 7. The van der Waals surface area contributed by atoms with Crippen LogP contribution in [-0.4, -0.2) is 42.3 Å². The highest BCUT2D eigenvalue weighted by Crippen LogP contribution is 2.30. The summed E-state index contributed by atoms with van der Waals surface area (Å²) >= 11 is 12.8. The number of carbonyl (C=O) groups excluding carboxylic acids is 1. The van der Waals surface area contributed by atoms with Crippen molar-refractivity contribution in [3.05, 3.63) is 63.6 Å². The highest BCUT2D eigenvalue weighted by Gasteiger charge is 2.19. The third kappa shape index (κ3) is 5.52. The second kappa shape index (κ2) is 10.1. The van der Waals surface area contributed by atoms with Gasteiger partial charge in [0.2, 0.25) is 0 Å². The summed E-state index contributed by atoms with van der Waals surface area (Å²) in [5.41, 5.74) is 4.02. The molecule has 2 aliphatic heterocycles. The average molecular weight is 472 g/mol. The Morgan fingerprint density at radius 2 is 1.91 bits per heavy atom. The SMILES string of the molecule is CC(C)Oc1ccc(NC(=O)C2=NCC(c3ccc(CN4CCCC4)cc3Cl)=C2)cc1Cl. The predicted molar refractivity (Wildman–Crippen MR) is 132 cm³/mol. The summed E-state index contributed by atoms with van der Waals surface area (Å²) in [6, 6.07) is 11.4. The van der Waals surface area contributed by atoms with Gasteiger partial charge in [-0.1, -0.05) is 35.3 Å². The van der Waals surface area contributed by atoms with Gasteiger partial charge in [0.05, 0.1) is 17.7 Å². The molecule has 0 atom stereocenters. The number of hydrogen-bond donors (Lipinski definition) is 1. The van der Waals surface area contributed by atoms with Crippen LogP contribution in [0.2, 0.25) is 10.0 Å². The minimum Gasteiger partial charge on any atom is -0.489 e. The van der Waals surface area contributed by atoms with Crippen LogP contribution < -0.4 is 10.1 Å². The van der Waals surface area contributed by atoms with E-state index in [1.807, 2.05) is 26.0 Å². The van der Waals surface area contributed by atoms with Gasteiger partial charge < -0.3 is 10.1 Å². The van der Waals surface area contributed by atoms with E-state index in [4.69, 9.17) is 27.9 Å². The monoisotopic (exact) mass is 471 g/mol. The molecule has 1 saturated heterocycles.